The second-order valence-electron chi connectivity index (χ2n) is 8.66. The van der Waals surface area contributed by atoms with E-state index in [1.165, 1.54) is 11.3 Å². The molecule has 2 N–H and O–H groups in total. The average Bonchev–Trinajstić information content (AvgIpc) is 3.16. The van der Waals surface area contributed by atoms with Crippen molar-refractivity contribution in [1.29, 1.82) is 0 Å². The minimum atomic E-state index is -0.553. The summed E-state index contributed by atoms with van der Waals surface area (Å²) < 4.78 is 11.1. The number of hydrogen-bond acceptors (Lipinski definition) is 8. The van der Waals surface area contributed by atoms with E-state index in [-0.39, 0.29) is 12.2 Å². The zero-order chi connectivity index (χ0) is 23.5. The molecule has 0 saturated carbocycles. The van der Waals surface area contributed by atoms with Crippen molar-refractivity contribution in [3.8, 4) is 16.3 Å². The van der Waals surface area contributed by atoms with Crippen molar-refractivity contribution >= 4 is 40.4 Å². The highest BCUT2D eigenvalue weighted by Crippen LogP contribution is 2.34. The Kier molecular flexibility index (Phi) is 7.40. The van der Waals surface area contributed by atoms with Crippen LogP contribution in [0.2, 0.25) is 5.02 Å². The third-order valence-electron chi connectivity index (χ3n) is 4.36. The van der Waals surface area contributed by atoms with E-state index in [4.69, 9.17) is 26.8 Å². The number of aliphatic imine (C=N–C) groups is 1. The highest BCUT2D eigenvalue weighted by Gasteiger charge is 2.25. The summed E-state index contributed by atoms with van der Waals surface area (Å²) in [6, 6.07) is 5.51. The average molecular weight is 478 g/mol. The van der Waals surface area contributed by atoms with Crippen LogP contribution in [0.4, 0.5) is 9.93 Å². The van der Waals surface area contributed by atoms with Crippen LogP contribution in [0, 0.1) is 0 Å². The fraction of sp³-hybridized carbons (Fsp3) is 0.455. The first kappa shape index (κ1) is 24.0. The van der Waals surface area contributed by atoms with Crippen LogP contribution in [0.5, 0.6) is 5.75 Å². The number of rotatable bonds is 5. The van der Waals surface area contributed by atoms with E-state index in [9.17, 15) is 4.79 Å². The molecule has 0 unspecified atom stereocenters. The van der Waals surface area contributed by atoms with Gasteiger partial charge in [-0.25, -0.2) is 9.79 Å². The molecular weight excluding hydrogens is 450 g/mol. The summed E-state index contributed by atoms with van der Waals surface area (Å²) in [5.41, 5.74) is 7.88. The molecule has 0 saturated heterocycles. The van der Waals surface area contributed by atoms with Gasteiger partial charge in [0.2, 0.25) is 5.13 Å². The van der Waals surface area contributed by atoms with Gasteiger partial charge in [-0.15, -0.1) is 10.2 Å². The molecule has 0 atom stereocenters. The fourth-order valence-corrected chi connectivity index (χ4v) is 3.82. The topological polar surface area (TPSA) is 103 Å². The van der Waals surface area contributed by atoms with E-state index < -0.39 is 5.60 Å². The van der Waals surface area contributed by atoms with E-state index in [2.05, 4.69) is 15.2 Å². The first-order valence-corrected chi connectivity index (χ1v) is 11.5. The van der Waals surface area contributed by atoms with Crippen LogP contribution in [0.15, 0.2) is 34.5 Å². The molecule has 10 heteroatoms. The number of aromatic nitrogens is 2. The van der Waals surface area contributed by atoms with Crippen molar-refractivity contribution < 1.29 is 14.3 Å². The molecular formula is C22H28ClN5O3S. The van der Waals surface area contributed by atoms with Crippen molar-refractivity contribution in [1.82, 2.24) is 15.1 Å². The van der Waals surface area contributed by atoms with E-state index >= 15 is 0 Å². The van der Waals surface area contributed by atoms with Gasteiger partial charge >= 0.3 is 6.09 Å². The lowest BCUT2D eigenvalue weighted by molar-refractivity contribution is 0.0263. The Morgan fingerprint density at radius 1 is 1.34 bits per heavy atom. The van der Waals surface area contributed by atoms with Crippen LogP contribution >= 0.6 is 22.9 Å². The predicted molar refractivity (Wildman–Crippen MR) is 128 cm³/mol. The minimum Gasteiger partial charge on any atom is -0.489 e. The molecule has 1 aromatic carbocycles. The largest absolute Gasteiger partial charge is 0.489 e. The van der Waals surface area contributed by atoms with Crippen molar-refractivity contribution in [3.63, 3.8) is 0 Å². The maximum absolute atomic E-state index is 12.4. The molecule has 0 spiro atoms. The summed E-state index contributed by atoms with van der Waals surface area (Å²) in [5, 5.41) is 10.0. The van der Waals surface area contributed by atoms with Crippen LogP contribution < -0.4 is 10.5 Å². The summed E-state index contributed by atoms with van der Waals surface area (Å²) in [7, 11) is 0. The zero-order valence-electron chi connectivity index (χ0n) is 18.9. The van der Waals surface area contributed by atoms with Crippen molar-refractivity contribution in [2.45, 2.75) is 52.7 Å². The number of amides is 1. The zero-order valence-corrected chi connectivity index (χ0v) is 20.5. The lowest BCUT2D eigenvalue weighted by atomic mass is 10.1. The number of nitrogens with zero attached hydrogens (tertiary/aromatic N) is 4. The summed E-state index contributed by atoms with van der Waals surface area (Å²) >= 11 is 7.66. The standard InChI is InChI=1S/C22H28ClN5O3S/c1-13(2)30-18-7-6-14(10-16(18)23)19-26-27-20(32-19)25-11-15-12-28(9-8-17(15)24)21(29)31-22(3,4)5/h6-7,10-11,13H,8-9,12,24H2,1-5H3. The lowest BCUT2D eigenvalue weighted by Crippen LogP contribution is -2.41. The van der Waals surface area contributed by atoms with Gasteiger partial charge in [-0.1, -0.05) is 22.9 Å². The Hall–Kier alpha value is -2.65. The molecule has 172 valence electrons. The molecule has 1 amide bonds. The number of carbonyl (C=O) groups is 1. The molecule has 2 aromatic rings. The molecule has 8 nitrogen and oxygen atoms in total. The Morgan fingerprint density at radius 3 is 2.75 bits per heavy atom. The van der Waals surface area contributed by atoms with Crippen LogP contribution in [0.3, 0.4) is 0 Å². The fourth-order valence-electron chi connectivity index (χ4n) is 2.91. The number of benzene rings is 1. The second-order valence-corrected chi connectivity index (χ2v) is 10.0. The van der Waals surface area contributed by atoms with Crippen LogP contribution in [0.1, 0.15) is 41.0 Å². The third kappa shape index (κ3) is 6.43. The Morgan fingerprint density at radius 2 is 2.09 bits per heavy atom. The molecule has 0 bridgehead atoms. The molecule has 0 radical (unpaired) electrons. The third-order valence-corrected chi connectivity index (χ3v) is 5.54. The van der Waals surface area contributed by atoms with Gasteiger partial charge in [0.15, 0.2) is 0 Å². The number of hydrogen-bond donors (Lipinski definition) is 1. The molecule has 0 fully saturated rings. The Labute approximate surface area is 197 Å². The molecule has 1 aliphatic rings. The summed E-state index contributed by atoms with van der Waals surface area (Å²) in [5.74, 6) is 0.627. The van der Waals surface area contributed by atoms with E-state index in [1.807, 2.05) is 46.8 Å². The normalized spacial score (nSPS) is 15.0. The van der Waals surface area contributed by atoms with Crippen molar-refractivity contribution in [2.75, 3.05) is 13.1 Å². The number of carbonyl (C=O) groups excluding carboxylic acids is 1. The molecule has 1 aromatic heterocycles. The predicted octanol–water partition coefficient (Wildman–Crippen LogP) is 5.20. The molecule has 32 heavy (non-hydrogen) atoms. The first-order chi connectivity index (χ1) is 15.0. The quantitative estimate of drug-likeness (QED) is 0.593. The summed E-state index contributed by atoms with van der Waals surface area (Å²) in [6.45, 7) is 10.3. The minimum absolute atomic E-state index is 0.0357. The van der Waals surface area contributed by atoms with Gasteiger partial charge in [-0.05, 0) is 52.8 Å². The van der Waals surface area contributed by atoms with Crippen LogP contribution in [-0.4, -0.2) is 52.2 Å². The SMILES string of the molecule is CC(C)Oc1ccc(-c2nnc(N=CC3=C(N)CCN(C(=O)OC(C)(C)C)C3)s2)cc1Cl. The lowest BCUT2D eigenvalue weighted by Gasteiger charge is -2.30. The van der Waals surface area contributed by atoms with Gasteiger partial charge in [0.25, 0.3) is 0 Å². The van der Waals surface area contributed by atoms with Crippen LogP contribution in [0.25, 0.3) is 10.6 Å². The molecule has 0 aliphatic carbocycles. The van der Waals surface area contributed by atoms with Gasteiger partial charge in [0.05, 0.1) is 17.7 Å². The van der Waals surface area contributed by atoms with Gasteiger partial charge in [-0.3, -0.25) is 0 Å². The van der Waals surface area contributed by atoms with Gasteiger partial charge in [0, 0.05) is 36.0 Å². The van der Waals surface area contributed by atoms with E-state index in [1.54, 1.807) is 17.2 Å². The van der Waals surface area contributed by atoms with Crippen LogP contribution in [-0.2, 0) is 4.74 Å². The van der Waals surface area contributed by atoms with E-state index in [0.29, 0.717) is 46.1 Å². The molecule has 1 aliphatic heterocycles. The number of ether oxygens (including phenoxy) is 2. The van der Waals surface area contributed by atoms with Crippen molar-refractivity contribution in [3.05, 3.63) is 34.5 Å². The Bertz CT molecular complexity index is 1040. The molecule has 2 heterocycles. The van der Waals surface area contributed by atoms with Crippen molar-refractivity contribution in [2.24, 2.45) is 10.7 Å². The van der Waals surface area contributed by atoms with Gasteiger partial charge in [-0.2, -0.15) is 0 Å². The highest BCUT2D eigenvalue weighted by molar-refractivity contribution is 7.18. The highest BCUT2D eigenvalue weighted by atomic mass is 35.5. The van der Waals surface area contributed by atoms with Gasteiger partial charge in [0.1, 0.15) is 16.4 Å². The monoisotopic (exact) mass is 477 g/mol. The maximum Gasteiger partial charge on any atom is 0.410 e. The van der Waals surface area contributed by atoms with E-state index in [0.717, 1.165) is 11.1 Å². The number of halogens is 1. The molecule has 3 rings (SSSR count). The Balaban J connectivity index is 1.70. The second kappa shape index (κ2) is 9.87. The summed E-state index contributed by atoms with van der Waals surface area (Å²) in [4.78, 5) is 18.4. The smallest absolute Gasteiger partial charge is 0.410 e. The first-order valence-electron chi connectivity index (χ1n) is 10.3. The number of nitrogens with two attached hydrogens (primary N) is 1. The maximum atomic E-state index is 12.4. The summed E-state index contributed by atoms with van der Waals surface area (Å²) in [6.07, 6.45) is 1.87. The van der Waals surface area contributed by atoms with Gasteiger partial charge < -0.3 is 20.1 Å².